The SMILES string of the molecule is CC1CN2CCCC2CN1Cc1ccc(C(=O)NN)cc1. The zero-order chi connectivity index (χ0) is 14.8. The van der Waals surface area contributed by atoms with E-state index >= 15 is 0 Å². The number of nitrogens with one attached hydrogen (secondary N) is 1. The van der Waals surface area contributed by atoms with Crippen molar-refractivity contribution in [2.75, 3.05) is 19.6 Å². The molecule has 1 amide bonds. The van der Waals surface area contributed by atoms with Crippen molar-refractivity contribution in [3.05, 3.63) is 35.4 Å². The number of nitrogens with zero attached hydrogens (tertiary/aromatic N) is 2. The fraction of sp³-hybridized carbons (Fsp3) is 0.562. The molecule has 2 aliphatic rings. The van der Waals surface area contributed by atoms with Crippen LogP contribution in [0.5, 0.6) is 0 Å². The third-order valence-corrected chi connectivity index (χ3v) is 4.80. The van der Waals surface area contributed by atoms with E-state index in [0.717, 1.165) is 19.1 Å². The number of fused-ring (bicyclic) bond motifs is 1. The summed E-state index contributed by atoms with van der Waals surface area (Å²) in [6.07, 6.45) is 2.67. The van der Waals surface area contributed by atoms with Crippen LogP contribution in [0.25, 0.3) is 0 Å². The number of hydrazine groups is 1. The molecule has 2 atom stereocenters. The molecule has 114 valence electrons. The van der Waals surface area contributed by atoms with Gasteiger partial charge in [0.2, 0.25) is 0 Å². The van der Waals surface area contributed by atoms with Crippen molar-refractivity contribution in [2.24, 2.45) is 5.84 Å². The Labute approximate surface area is 126 Å². The van der Waals surface area contributed by atoms with Crippen LogP contribution < -0.4 is 11.3 Å². The van der Waals surface area contributed by atoms with Gasteiger partial charge in [0.25, 0.3) is 5.91 Å². The second-order valence-corrected chi connectivity index (χ2v) is 6.24. The van der Waals surface area contributed by atoms with E-state index in [-0.39, 0.29) is 5.91 Å². The normalized spacial score (nSPS) is 26.6. The van der Waals surface area contributed by atoms with Gasteiger partial charge in [0.15, 0.2) is 0 Å². The molecule has 3 N–H and O–H groups in total. The molecule has 2 fully saturated rings. The molecule has 1 aromatic rings. The summed E-state index contributed by atoms with van der Waals surface area (Å²) < 4.78 is 0. The quantitative estimate of drug-likeness (QED) is 0.494. The van der Waals surface area contributed by atoms with E-state index in [9.17, 15) is 4.79 Å². The highest BCUT2D eigenvalue weighted by Gasteiger charge is 2.34. The molecule has 2 heterocycles. The van der Waals surface area contributed by atoms with Crippen molar-refractivity contribution in [1.29, 1.82) is 0 Å². The average molecular weight is 288 g/mol. The van der Waals surface area contributed by atoms with Gasteiger partial charge >= 0.3 is 0 Å². The minimum atomic E-state index is -0.241. The Kier molecular flexibility index (Phi) is 4.24. The number of piperazine rings is 1. The lowest BCUT2D eigenvalue weighted by Gasteiger charge is -2.42. The topological polar surface area (TPSA) is 61.6 Å². The highest BCUT2D eigenvalue weighted by Crippen LogP contribution is 2.25. The summed E-state index contributed by atoms with van der Waals surface area (Å²) in [4.78, 5) is 16.6. The van der Waals surface area contributed by atoms with E-state index in [2.05, 4.69) is 22.1 Å². The first-order valence-corrected chi connectivity index (χ1v) is 7.75. The smallest absolute Gasteiger partial charge is 0.265 e. The molecular formula is C16H24N4O. The van der Waals surface area contributed by atoms with Gasteiger partial charge in [-0.05, 0) is 44.0 Å². The summed E-state index contributed by atoms with van der Waals surface area (Å²) in [7, 11) is 0. The Morgan fingerprint density at radius 2 is 2.10 bits per heavy atom. The highest BCUT2D eigenvalue weighted by molar-refractivity contribution is 5.93. The van der Waals surface area contributed by atoms with Gasteiger partial charge in [-0.1, -0.05) is 12.1 Å². The summed E-state index contributed by atoms with van der Waals surface area (Å²) in [5.74, 6) is 4.91. The zero-order valence-corrected chi connectivity index (χ0v) is 12.6. The van der Waals surface area contributed by atoms with Crippen LogP contribution in [0.1, 0.15) is 35.7 Å². The maximum absolute atomic E-state index is 11.4. The Hall–Kier alpha value is -1.43. The van der Waals surface area contributed by atoms with Crippen LogP contribution in [-0.2, 0) is 6.54 Å². The summed E-state index contributed by atoms with van der Waals surface area (Å²) in [6, 6.07) is 9.06. The Morgan fingerprint density at radius 3 is 2.81 bits per heavy atom. The van der Waals surface area contributed by atoms with Crippen molar-refractivity contribution in [2.45, 2.75) is 38.4 Å². The second kappa shape index (κ2) is 6.13. The summed E-state index contributed by atoms with van der Waals surface area (Å²) in [5.41, 5.74) is 4.02. The van der Waals surface area contributed by atoms with Crippen molar-refractivity contribution in [3.63, 3.8) is 0 Å². The van der Waals surface area contributed by atoms with E-state index in [1.807, 2.05) is 24.3 Å². The summed E-state index contributed by atoms with van der Waals surface area (Å²) in [6.45, 7) is 6.87. The third-order valence-electron chi connectivity index (χ3n) is 4.80. The molecule has 0 aliphatic carbocycles. The molecule has 2 saturated heterocycles. The molecular weight excluding hydrogens is 264 g/mol. The molecule has 0 radical (unpaired) electrons. The fourth-order valence-electron chi connectivity index (χ4n) is 3.55. The number of carbonyl (C=O) groups excluding carboxylic acids is 1. The zero-order valence-electron chi connectivity index (χ0n) is 12.6. The maximum atomic E-state index is 11.4. The highest BCUT2D eigenvalue weighted by atomic mass is 16.2. The third kappa shape index (κ3) is 3.10. The predicted octanol–water partition coefficient (Wildman–Crippen LogP) is 0.959. The number of amides is 1. The van der Waals surface area contributed by atoms with Crippen LogP contribution >= 0.6 is 0 Å². The van der Waals surface area contributed by atoms with E-state index in [0.29, 0.717) is 11.6 Å². The van der Waals surface area contributed by atoms with Crippen LogP contribution in [-0.4, -0.2) is 47.4 Å². The van der Waals surface area contributed by atoms with E-state index < -0.39 is 0 Å². The molecule has 0 aromatic heterocycles. The van der Waals surface area contributed by atoms with Gasteiger partial charge in [-0.15, -0.1) is 0 Å². The molecule has 21 heavy (non-hydrogen) atoms. The molecule has 2 unspecified atom stereocenters. The van der Waals surface area contributed by atoms with Crippen molar-refractivity contribution >= 4 is 5.91 Å². The number of hydrogen-bond acceptors (Lipinski definition) is 4. The fourth-order valence-corrected chi connectivity index (χ4v) is 3.55. The van der Waals surface area contributed by atoms with Gasteiger partial charge in [-0.25, -0.2) is 5.84 Å². The minimum absolute atomic E-state index is 0.241. The van der Waals surface area contributed by atoms with Crippen LogP contribution in [0.4, 0.5) is 0 Å². The number of nitrogens with two attached hydrogens (primary N) is 1. The minimum Gasteiger partial charge on any atom is -0.298 e. The number of rotatable bonds is 3. The molecule has 5 nitrogen and oxygen atoms in total. The largest absolute Gasteiger partial charge is 0.298 e. The van der Waals surface area contributed by atoms with Crippen LogP contribution in [0.2, 0.25) is 0 Å². The first-order chi connectivity index (χ1) is 10.2. The lowest BCUT2D eigenvalue weighted by atomic mass is 10.1. The predicted molar refractivity (Wildman–Crippen MR) is 82.6 cm³/mol. The molecule has 5 heteroatoms. The Balaban J connectivity index is 1.64. The van der Waals surface area contributed by atoms with Crippen LogP contribution in [0, 0.1) is 0 Å². The number of benzene rings is 1. The van der Waals surface area contributed by atoms with Gasteiger partial charge < -0.3 is 0 Å². The molecule has 0 spiro atoms. The van der Waals surface area contributed by atoms with Gasteiger partial charge in [0.1, 0.15) is 0 Å². The number of carbonyl (C=O) groups is 1. The Bertz CT molecular complexity index is 502. The lowest BCUT2D eigenvalue weighted by Crippen LogP contribution is -2.54. The van der Waals surface area contributed by atoms with Gasteiger partial charge in [-0.2, -0.15) is 0 Å². The van der Waals surface area contributed by atoms with E-state index in [1.165, 1.54) is 31.5 Å². The standard InChI is InChI=1S/C16H24N4O/c1-12-9-19-8-2-3-15(19)11-20(12)10-13-4-6-14(7-5-13)16(21)18-17/h4-7,12,15H,2-3,8-11,17H2,1H3,(H,18,21). The van der Waals surface area contributed by atoms with Gasteiger partial charge in [-0.3, -0.25) is 20.0 Å². The maximum Gasteiger partial charge on any atom is 0.265 e. The molecule has 3 rings (SSSR count). The van der Waals surface area contributed by atoms with Crippen LogP contribution in [0.3, 0.4) is 0 Å². The first kappa shape index (κ1) is 14.5. The van der Waals surface area contributed by atoms with Crippen LogP contribution in [0.15, 0.2) is 24.3 Å². The van der Waals surface area contributed by atoms with Gasteiger partial charge in [0.05, 0.1) is 0 Å². The van der Waals surface area contributed by atoms with Gasteiger partial charge in [0, 0.05) is 37.3 Å². The van der Waals surface area contributed by atoms with E-state index in [1.54, 1.807) is 0 Å². The second-order valence-electron chi connectivity index (χ2n) is 6.24. The molecule has 2 aliphatic heterocycles. The molecule has 0 bridgehead atoms. The molecule has 0 saturated carbocycles. The summed E-state index contributed by atoms with van der Waals surface area (Å²) in [5, 5.41) is 0. The molecule has 1 aromatic carbocycles. The van der Waals surface area contributed by atoms with Crippen molar-refractivity contribution < 1.29 is 4.79 Å². The first-order valence-electron chi connectivity index (χ1n) is 7.75. The number of nitrogen functional groups attached to an aromatic ring is 1. The van der Waals surface area contributed by atoms with Crippen molar-refractivity contribution in [1.82, 2.24) is 15.2 Å². The average Bonchev–Trinajstić information content (AvgIpc) is 2.94. The van der Waals surface area contributed by atoms with Crippen molar-refractivity contribution in [3.8, 4) is 0 Å². The number of hydrogen-bond donors (Lipinski definition) is 2. The lowest BCUT2D eigenvalue weighted by molar-refractivity contribution is 0.0540. The Morgan fingerprint density at radius 1 is 1.33 bits per heavy atom. The monoisotopic (exact) mass is 288 g/mol. The van der Waals surface area contributed by atoms with E-state index in [4.69, 9.17) is 5.84 Å². The summed E-state index contributed by atoms with van der Waals surface area (Å²) >= 11 is 0.